The lowest BCUT2D eigenvalue weighted by Crippen LogP contribution is -2.35. The van der Waals surface area contributed by atoms with Crippen molar-refractivity contribution in [1.29, 1.82) is 0 Å². The van der Waals surface area contributed by atoms with Gasteiger partial charge < -0.3 is 11.1 Å². The normalized spacial score (nSPS) is 13.8. The van der Waals surface area contributed by atoms with Crippen molar-refractivity contribution in [3.05, 3.63) is 56.8 Å². The highest BCUT2D eigenvalue weighted by Crippen LogP contribution is 2.26. The molecule has 1 aromatic heterocycles. The second-order valence-corrected chi connectivity index (χ2v) is 6.95. The molecule has 4 heteroatoms. The molecule has 0 radical (unpaired) electrons. The summed E-state index contributed by atoms with van der Waals surface area (Å²) in [4.78, 5) is 14.8. The van der Waals surface area contributed by atoms with Crippen LogP contribution in [0.5, 0.6) is 0 Å². The molecule has 3 N–H and O–H groups in total. The van der Waals surface area contributed by atoms with Gasteiger partial charge in [0.1, 0.15) is 6.04 Å². The van der Waals surface area contributed by atoms with Crippen molar-refractivity contribution in [1.82, 2.24) is 5.32 Å². The Morgan fingerprint density at radius 3 is 2.33 bits per heavy atom. The number of amides is 1. The summed E-state index contributed by atoms with van der Waals surface area (Å²) in [5, 5.41) is 3.01. The van der Waals surface area contributed by atoms with Gasteiger partial charge in [0.15, 0.2) is 0 Å². The van der Waals surface area contributed by atoms with Crippen molar-refractivity contribution in [3.8, 4) is 0 Å². The largest absolute Gasteiger partial charge is 0.348 e. The average molecular weight is 302 g/mol. The third-order valence-electron chi connectivity index (χ3n) is 3.62. The van der Waals surface area contributed by atoms with Gasteiger partial charge in [-0.2, -0.15) is 0 Å². The molecule has 2 unspecified atom stereocenters. The third kappa shape index (κ3) is 3.71. The minimum Gasteiger partial charge on any atom is -0.348 e. The van der Waals surface area contributed by atoms with Crippen LogP contribution in [0.15, 0.2) is 30.3 Å². The van der Waals surface area contributed by atoms with E-state index in [9.17, 15) is 4.79 Å². The summed E-state index contributed by atoms with van der Waals surface area (Å²) in [5.74, 6) is -0.144. The van der Waals surface area contributed by atoms with E-state index in [2.05, 4.69) is 25.2 Å². The van der Waals surface area contributed by atoms with Gasteiger partial charge in [-0.1, -0.05) is 29.8 Å². The predicted molar refractivity (Wildman–Crippen MR) is 88.5 cm³/mol. The van der Waals surface area contributed by atoms with Crippen molar-refractivity contribution in [2.24, 2.45) is 5.73 Å². The summed E-state index contributed by atoms with van der Waals surface area (Å²) in [5.41, 5.74) is 9.21. The molecule has 0 fully saturated rings. The van der Waals surface area contributed by atoms with Gasteiger partial charge in [-0.3, -0.25) is 4.79 Å². The molecule has 2 rings (SSSR count). The molecule has 2 atom stereocenters. The lowest BCUT2D eigenvalue weighted by Gasteiger charge is -2.18. The lowest BCUT2D eigenvalue weighted by molar-refractivity contribution is -0.123. The Morgan fingerprint density at radius 1 is 1.19 bits per heavy atom. The average Bonchev–Trinajstić information content (AvgIpc) is 2.77. The Labute approximate surface area is 130 Å². The van der Waals surface area contributed by atoms with Gasteiger partial charge in [0.2, 0.25) is 5.91 Å². The van der Waals surface area contributed by atoms with Crippen LogP contribution in [0.3, 0.4) is 0 Å². The zero-order chi connectivity index (χ0) is 15.6. The Morgan fingerprint density at radius 2 is 1.81 bits per heavy atom. The first-order valence-electron chi connectivity index (χ1n) is 7.08. The molecule has 0 aliphatic rings. The SMILES string of the molecule is Cc1ccc(C(N)C(=O)NC(C)c2cc(C)sc2C)cc1. The maximum Gasteiger partial charge on any atom is 0.241 e. The fourth-order valence-corrected chi connectivity index (χ4v) is 3.41. The Kier molecular flexibility index (Phi) is 4.80. The molecule has 0 aliphatic heterocycles. The second kappa shape index (κ2) is 6.41. The van der Waals surface area contributed by atoms with Crippen LogP contribution in [-0.4, -0.2) is 5.91 Å². The van der Waals surface area contributed by atoms with Crippen LogP contribution in [0, 0.1) is 20.8 Å². The summed E-state index contributed by atoms with van der Waals surface area (Å²) < 4.78 is 0. The fraction of sp³-hybridized carbons (Fsp3) is 0.353. The quantitative estimate of drug-likeness (QED) is 0.907. The van der Waals surface area contributed by atoms with Gasteiger partial charge >= 0.3 is 0 Å². The molecule has 1 heterocycles. The smallest absolute Gasteiger partial charge is 0.241 e. The Hall–Kier alpha value is -1.65. The van der Waals surface area contributed by atoms with Crippen LogP contribution in [0.25, 0.3) is 0 Å². The van der Waals surface area contributed by atoms with Gasteiger partial charge in [-0.25, -0.2) is 0 Å². The summed E-state index contributed by atoms with van der Waals surface area (Å²) >= 11 is 1.75. The molecule has 1 amide bonds. The van der Waals surface area contributed by atoms with Crippen molar-refractivity contribution in [2.45, 2.75) is 39.8 Å². The van der Waals surface area contributed by atoms with Crippen LogP contribution >= 0.6 is 11.3 Å². The molecule has 3 nitrogen and oxygen atoms in total. The molecule has 21 heavy (non-hydrogen) atoms. The van der Waals surface area contributed by atoms with Gasteiger partial charge in [0.25, 0.3) is 0 Å². The number of nitrogens with one attached hydrogen (secondary N) is 1. The van der Waals surface area contributed by atoms with E-state index in [-0.39, 0.29) is 11.9 Å². The van der Waals surface area contributed by atoms with Crippen molar-refractivity contribution >= 4 is 17.2 Å². The number of aryl methyl sites for hydroxylation is 3. The number of rotatable bonds is 4. The first-order chi connectivity index (χ1) is 9.88. The van der Waals surface area contributed by atoms with E-state index in [4.69, 9.17) is 5.73 Å². The predicted octanol–water partition coefficient (Wildman–Crippen LogP) is 3.55. The first-order valence-corrected chi connectivity index (χ1v) is 7.89. The Balaban J connectivity index is 2.06. The number of carbonyl (C=O) groups is 1. The highest BCUT2D eigenvalue weighted by Gasteiger charge is 2.19. The van der Waals surface area contributed by atoms with E-state index < -0.39 is 6.04 Å². The maximum absolute atomic E-state index is 12.3. The summed E-state index contributed by atoms with van der Waals surface area (Å²) in [7, 11) is 0. The van der Waals surface area contributed by atoms with Crippen molar-refractivity contribution in [2.75, 3.05) is 0 Å². The maximum atomic E-state index is 12.3. The molecule has 0 spiro atoms. The van der Waals surface area contributed by atoms with Gasteiger partial charge in [-0.05, 0) is 44.9 Å². The highest BCUT2D eigenvalue weighted by molar-refractivity contribution is 7.12. The van der Waals surface area contributed by atoms with Crippen molar-refractivity contribution in [3.63, 3.8) is 0 Å². The van der Waals surface area contributed by atoms with E-state index in [1.807, 2.05) is 38.1 Å². The molecule has 1 aromatic carbocycles. The number of thiophene rings is 1. The number of hydrogen-bond acceptors (Lipinski definition) is 3. The van der Waals surface area contributed by atoms with E-state index in [1.165, 1.54) is 15.3 Å². The molecule has 0 saturated heterocycles. The van der Waals surface area contributed by atoms with E-state index in [1.54, 1.807) is 11.3 Å². The molecule has 2 aromatic rings. The lowest BCUT2D eigenvalue weighted by atomic mass is 10.0. The van der Waals surface area contributed by atoms with Crippen LogP contribution < -0.4 is 11.1 Å². The van der Waals surface area contributed by atoms with Crippen LogP contribution in [-0.2, 0) is 4.79 Å². The van der Waals surface area contributed by atoms with Gasteiger partial charge in [0, 0.05) is 9.75 Å². The second-order valence-electron chi connectivity index (χ2n) is 5.49. The van der Waals surface area contributed by atoms with Crippen LogP contribution in [0.1, 0.15) is 45.5 Å². The minimum atomic E-state index is -0.631. The van der Waals surface area contributed by atoms with Crippen LogP contribution in [0.4, 0.5) is 0 Å². The zero-order valence-corrected chi connectivity index (χ0v) is 13.8. The fourth-order valence-electron chi connectivity index (χ4n) is 2.39. The van der Waals surface area contributed by atoms with E-state index in [0.29, 0.717) is 0 Å². The van der Waals surface area contributed by atoms with E-state index >= 15 is 0 Å². The number of benzene rings is 1. The van der Waals surface area contributed by atoms with Crippen LogP contribution in [0.2, 0.25) is 0 Å². The Bertz CT molecular complexity index is 631. The molecule has 0 saturated carbocycles. The zero-order valence-electron chi connectivity index (χ0n) is 12.9. The number of hydrogen-bond donors (Lipinski definition) is 2. The molecular weight excluding hydrogens is 280 g/mol. The molecule has 112 valence electrons. The third-order valence-corrected chi connectivity index (χ3v) is 4.61. The minimum absolute atomic E-state index is 0.0288. The summed E-state index contributed by atoms with van der Waals surface area (Å²) in [6.45, 7) is 8.16. The van der Waals surface area contributed by atoms with Crippen molar-refractivity contribution < 1.29 is 4.79 Å². The first kappa shape index (κ1) is 15.7. The summed E-state index contributed by atoms with van der Waals surface area (Å²) in [6, 6.07) is 9.22. The number of carbonyl (C=O) groups excluding carboxylic acids is 1. The summed E-state index contributed by atoms with van der Waals surface area (Å²) in [6.07, 6.45) is 0. The standard InChI is InChI=1S/C17H22N2OS/c1-10-5-7-14(8-6-10)16(18)17(20)19-12(3)15-9-11(2)21-13(15)4/h5-9,12,16H,18H2,1-4H3,(H,19,20). The molecule has 0 bridgehead atoms. The van der Waals surface area contributed by atoms with E-state index in [0.717, 1.165) is 11.1 Å². The van der Waals surface area contributed by atoms with Gasteiger partial charge in [0.05, 0.1) is 6.04 Å². The highest BCUT2D eigenvalue weighted by atomic mass is 32.1. The molecular formula is C17H22N2OS. The monoisotopic (exact) mass is 302 g/mol. The van der Waals surface area contributed by atoms with Gasteiger partial charge in [-0.15, -0.1) is 11.3 Å². The molecule has 0 aliphatic carbocycles. The topological polar surface area (TPSA) is 55.1 Å². The number of nitrogens with two attached hydrogens (primary N) is 1.